The molecule has 6 heteroatoms. The molecule has 1 aromatic carbocycles. The third kappa shape index (κ3) is 2.89. The van der Waals surface area contributed by atoms with Gasteiger partial charge in [-0.3, -0.25) is 4.98 Å². The fraction of sp³-hybridized carbons (Fsp3) is 0. The van der Waals surface area contributed by atoms with Crippen molar-refractivity contribution >= 4 is 11.8 Å². The molecule has 0 saturated heterocycles. The van der Waals surface area contributed by atoms with Crippen LogP contribution in [0.4, 0.5) is 11.8 Å². The van der Waals surface area contributed by atoms with E-state index in [1.165, 1.54) is 0 Å². The van der Waals surface area contributed by atoms with Crippen LogP contribution >= 0.6 is 0 Å². The molecule has 0 bridgehead atoms. The highest BCUT2D eigenvalue weighted by Crippen LogP contribution is 2.27. The molecule has 2 heterocycles. The van der Waals surface area contributed by atoms with E-state index in [0.717, 1.165) is 22.6 Å². The average molecular weight is 279 g/mol. The lowest BCUT2D eigenvalue weighted by atomic mass is 10.1. The third-order valence-electron chi connectivity index (χ3n) is 2.89. The Bertz CT molecular complexity index is 744. The Morgan fingerprint density at radius 2 is 1.52 bits per heavy atom. The van der Waals surface area contributed by atoms with Crippen LogP contribution in [-0.4, -0.2) is 15.0 Å². The number of ether oxygens (including phenoxy) is 1. The van der Waals surface area contributed by atoms with Gasteiger partial charge >= 0.3 is 0 Å². The number of anilines is 2. The van der Waals surface area contributed by atoms with Crippen molar-refractivity contribution in [3.63, 3.8) is 0 Å². The quantitative estimate of drug-likeness (QED) is 0.764. The van der Waals surface area contributed by atoms with Crippen molar-refractivity contribution in [2.45, 2.75) is 0 Å². The first-order valence-electron chi connectivity index (χ1n) is 6.29. The van der Waals surface area contributed by atoms with Gasteiger partial charge in [-0.1, -0.05) is 12.1 Å². The molecule has 0 saturated carbocycles. The van der Waals surface area contributed by atoms with Crippen molar-refractivity contribution in [3.05, 3.63) is 55.0 Å². The van der Waals surface area contributed by atoms with Crippen LogP contribution < -0.4 is 16.2 Å². The zero-order valence-electron chi connectivity index (χ0n) is 11.1. The first-order chi connectivity index (χ1) is 10.2. The topological polar surface area (TPSA) is 99.9 Å². The number of nitrogens with two attached hydrogens (primary N) is 2. The van der Waals surface area contributed by atoms with E-state index in [9.17, 15) is 0 Å². The maximum Gasteiger partial charge on any atom is 0.221 e. The van der Waals surface area contributed by atoms with Crippen LogP contribution in [0.15, 0.2) is 55.0 Å². The predicted molar refractivity (Wildman–Crippen MR) is 80.6 cm³/mol. The van der Waals surface area contributed by atoms with Gasteiger partial charge in [0.2, 0.25) is 5.95 Å². The maximum atomic E-state index is 5.85. The molecule has 0 spiro atoms. The number of hydrogen-bond acceptors (Lipinski definition) is 6. The van der Waals surface area contributed by atoms with Crippen molar-refractivity contribution in [1.29, 1.82) is 0 Å². The first kappa shape index (κ1) is 12.9. The molecular formula is C15H13N5O. The first-order valence-corrected chi connectivity index (χ1v) is 6.29. The number of hydrogen-bond donors (Lipinski definition) is 2. The van der Waals surface area contributed by atoms with Crippen LogP contribution in [0.2, 0.25) is 0 Å². The molecule has 0 fully saturated rings. The van der Waals surface area contributed by atoms with Crippen LogP contribution in [0, 0.1) is 0 Å². The van der Waals surface area contributed by atoms with E-state index in [1.54, 1.807) is 30.7 Å². The number of benzene rings is 1. The summed E-state index contributed by atoms with van der Waals surface area (Å²) in [6.07, 6.45) is 4.96. The fourth-order valence-corrected chi connectivity index (χ4v) is 1.88. The second kappa shape index (κ2) is 5.46. The second-order valence-corrected chi connectivity index (χ2v) is 4.34. The summed E-state index contributed by atoms with van der Waals surface area (Å²) < 4.78 is 5.70. The SMILES string of the molecule is Nc1ncc(-c2ccc(Oc3ccncc3)cc2)c(N)n1. The van der Waals surface area contributed by atoms with Gasteiger partial charge in [0.1, 0.15) is 17.3 Å². The van der Waals surface area contributed by atoms with Crippen molar-refractivity contribution in [3.8, 4) is 22.6 Å². The predicted octanol–water partition coefficient (Wildman–Crippen LogP) is 2.50. The van der Waals surface area contributed by atoms with Gasteiger partial charge in [0, 0.05) is 24.2 Å². The van der Waals surface area contributed by atoms with Crippen molar-refractivity contribution < 1.29 is 4.74 Å². The standard InChI is InChI=1S/C15H13N5O/c16-14-13(9-19-15(17)20-14)10-1-3-11(4-2-10)21-12-5-7-18-8-6-12/h1-9H,(H4,16,17,19,20). The molecule has 0 atom stereocenters. The lowest BCUT2D eigenvalue weighted by molar-refractivity contribution is 0.482. The molecule has 4 N–H and O–H groups in total. The van der Waals surface area contributed by atoms with E-state index in [1.807, 2.05) is 24.3 Å². The van der Waals surface area contributed by atoms with E-state index in [4.69, 9.17) is 16.2 Å². The number of nitrogens with zero attached hydrogens (tertiary/aromatic N) is 3. The Balaban J connectivity index is 1.84. The third-order valence-corrected chi connectivity index (χ3v) is 2.89. The highest BCUT2D eigenvalue weighted by atomic mass is 16.5. The molecular weight excluding hydrogens is 266 g/mol. The Hall–Kier alpha value is -3.15. The highest BCUT2D eigenvalue weighted by Gasteiger charge is 2.06. The fourth-order valence-electron chi connectivity index (χ4n) is 1.88. The van der Waals surface area contributed by atoms with Crippen LogP contribution in [0.3, 0.4) is 0 Å². The van der Waals surface area contributed by atoms with E-state index in [2.05, 4.69) is 15.0 Å². The summed E-state index contributed by atoms with van der Waals surface area (Å²) in [5.74, 6) is 1.96. The van der Waals surface area contributed by atoms with Gasteiger partial charge in [-0.15, -0.1) is 0 Å². The molecule has 0 unspecified atom stereocenters. The number of nitrogen functional groups attached to an aromatic ring is 2. The molecule has 21 heavy (non-hydrogen) atoms. The minimum Gasteiger partial charge on any atom is -0.457 e. The molecule has 3 rings (SSSR count). The zero-order valence-corrected chi connectivity index (χ0v) is 11.1. The summed E-state index contributed by atoms with van der Waals surface area (Å²) >= 11 is 0. The molecule has 0 radical (unpaired) electrons. The van der Waals surface area contributed by atoms with E-state index >= 15 is 0 Å². The van der Waals surface area contributed by atoms with E-state index in [0.29, 0.717) is 5.82 Å². The number of pyridine rings is 1. The minimum atomic E-state index is 0.161. The van der Waals surface area contributed by atoms with E-state index in [-0.39, 0.29) is 5.95 Å². The van der Waals surface area contributed by atoms with Crippen LogP contribution in [0.1, 0.15) is 0 Å². The number of aromatic nitrogens is 3. The molecule has 0 amide bonds. The normalized spacial score (nSPS) is 10.3. The van der Waals surface area contributed by atoms with Gasteiger partial charge in [-0.25, -0.2) is 4.98 Å². The van der Waals surface area contributed by atoms with Gasteiger partial charge in [0.25, 0.3) is 0 Å². The van der Waals surface area contributed by atoms with Crippen LogP contribution in [0.25, 0.3) is 11.1 Å². The maximum absolute atomic E-state index is 5.85. The average Bonchev–Trinajstić information content (AvgIpc) is 2.49. The summed E-state index contributed by atoms with van der Waals surface area (Å²) in [5.41, 5.74) is 13.0. The van der Waals surface area contributed by atoms with E-state index < -0.39 is 0 Å². The summed E-state index contributed by atoms with van der Waals surface area (Å²) in [4.78, 5) is 11.8. The van der Waals surface area contributed by atoms with Gasteiger partial charge in [-0.2, -0.15) is 4.98 Å². The highest BCUT2D eigenvalue weighted by molar-refractivity contribution is 5.73. The summed E-state index contributed by atoms with van der Waals surface area (Å²) in [5, 5.41) is 0. The molecule has 2 aromatic heterocycles. The van der Waals surface area contributed by atoms with Crippen LogP contribution in [-0.2, 0) is 0 Å². The monoisotopic (exact) mass is 279 g/mol. The smallest absolute Gasteiger partial charge is 0.221 e. The van der Waals surface area contributed by atoms with Gasteiger partial charge < -0.3 is 16.2 Å². The second-order valence-electron chi connectivity index (χ2n) is 4.34. The van der Waals surface area contributed by atoms with Crippen molar-refractivity contribution in [1.82, 2.24) is 15.0 Å². The minimum absolute atomic E-state index is 0.161. The Morgan fingerprint density at radius 1 is 0.857 bits per heavy atom. The summed E-state index contributed by atoms with van der Waals surface area (Å²) in [7, 11) is 0. The molecule has 3 aromatic rings. The molecule has 0 aliphatic rings. The summed E-state index contributed by atoms with van der Waals surface area (Å²) in [6.45, 7) is 0. The molecule has 104 valence electrons. The largest absolute Gasteiger partial charge is 0.457 e. The Morgan fingerprint density at radius 3 is 2.19 bits per heavy atom. The Labute approximate surface area is 121 Å². The van der Waals surface area contributed by atoms with Crippen molar-refractivity contribution in [2.24, 2.45) is 0 Å². The zero-order chi connectivity index (χ0) is 14.7. The van der Waals surface area contributed by atoms with Crippen molar-refractivity contribution in [2.75, 3.05) is 11.5 Å². The van der Waals surface area contributed by atoms with Crippen LogP contribution in [0.5, 0.6) is 11.5 Å². The lowest BCUT2D eigenvalue weighted by Gasteiger charge is -2.08. The number of rotatable bonds is 3. The molecule has 6 nitrogen and oxygen atoms in total. The van der Waals surface area contributed by atoms with Gasteiger partial charge in [-0.05, 0) is 29.8 Å². The Kier molecular flexibility index (Phi) is 3.34. The van der Waals surface area contributed by atoms with Gasteiger partial charge in [0.05, 0.1) is 0 Å². The molecule has 0 aliphatic carbocycles. The lowest BCUT2D eigenvalue weighted by Crippen LogP contribution is -2.00. The molecule has 0 aliphatic heterocycles. The van der Waals surface area contributed by atoms with Gasteiger partial charge in [0.15, 0.2) is 0 Å². The summed E-state index contributed by atoms with van der Waals surface area (Å²) in [6, 6.07) is 11.1.